The second-order valence-corrected chi connectivity index (χ2v) is 4.34. The lowest BCUT2D eigenvalue weighted by atomic mass is 10.1. The number of nitrogens with zero attached hydrogens (tertiary/aromatic N) is 2. The number of hydrogen-bond donors (Lipinski definition) is 0. The lowest BCUT2D eigenvalue weighted by molar-refractivity contribution is 0.598. The number of halogens is 2. The number of benzene rings is 1. The first-order chi connectivity index (χ1) is 8.11. The Labute approximate surface area is 107 Å². The van der Waals surface area contributed by atoms with E-state index in [4.69, 9.17) is 16.9 Å². The van der Waals surface area contributed by atoms with Crippen molar-refractivity contribution in [3.8, 4) is 6.07 Å². The molecule has 2 nitrogen and oxygen atoms in total. The second-order valence-electron chi connectivity index (χ2n) is 4.08. The molecule has 0 spiro atoms. The number of alkyl halides is 1. The van der Waals surface area contributed by atoms with E-state index >= 15 is 0 Å². The highest BCUT2D eigenvalue weighted by atomic mass is 35.5. The Bertz CT molecular complexity index is 412. The number of nitriles is 1. The predicted octanol–water partition coefficient (Wildman–Crippen LogP) is 3.69. The SMILES string of the molecule is CC(C)N(CCC#N)c1c(F)cccc1CCl. The van der Waals surface area contributed by atoms with E-state index in [0.29, 0.717) is 18.7 Å². The average Bonchev–Trinajstić information content (AvgIpc) is 2.30. The van der Waals surface area contributed by atoms with Crippen molar-refractivity contribution in [3.63, 3.8) is 0 Å². The van der Waals surface area contributed by atoms with Crippen LogP contribution >= 0.6 is 11.6 Å². The molecule has 4 heteroatoms. The van der Waals surface area contributed by atoms with Gasteiger partial charge in [-0.15, -0.1) is 11.6 Å². The largest absolute Gasteiger partial charge is 0.365 e. The zero-order valence-corrected chi connectivity index (χ0v) is 10.8. The van der Waals surface area contributed by atoms with Gasteiger partial charge in [-0.05, 0) is 25.5 Å². The van der Waals surface area contributed by atoms with Gasteiger partial charge < -0.3 is 4.90 Å². The number of anilines is 1. The third kappa shape index (κ3) is 3.34. The Morgan fingerprint density at radius 2 is 2.18 bits per heavy atom. The smallest absolute Gasteiger partial charge is 0.146 e. The first-order valence-corrected chi connectivity index (χ1v) is 6.12. The van der Waals surface area contributed by atoms with Crippen molar-refractivity contribution < 1.29 is 4.39 Å². The van der Waals surface area contributed by atoms with E-state index in [-0.39, 0.29) is 17.7 Å². The van der Waals surface area contributed by atoms with Gasteiger partial charge in [-0.1, -0.05) is 12.1 Å². The molecule has 92 valence electrons. The van der Waals surface area contributed by atoms with Gasteiger partial charge in [0.15, 0.2) is 0 Å². The van der Waals surface area contributed by atoms with Gasteiger partial charge in [0.2, 0.25) is 0 Å². The van der Waals surface area contributed by atoms with Gasteiger partial charge in [-0.3, -0.25) is 0 Å². The van der Waals surface area contributed by atoms with Crippen LogP contribution in [0.2, 0.25) is 0 Å². The van der Waals surface area contributed by atoms with Crippen molar-refractivity contribution in [2.75, 3.05) is 11.4 Å². The van der Waals surface area contributed by atoms with Crippen molar-refractivity contribution >= 4 is 17.3 Å². The van der Waals surface area contributed by atoms with Crippen molar-refractivity contribution in [2.45, 2.75) is 32.2 Å². The summed E-state index contributed by atoms with van der Waals surface area (Å²) in [6.45, 7) is 4.46. The van der Waals surface area contributed by atoms with E-state index in [9.17, 15) is 4.39 Å². The van der Waals surface area contributed by atoms with Gasteiger partial charge in [0.25, 0.3) is 0 Å². The number of hydrogen-bond acceptors (Lipinski definition) is 2. The van der Waals surface area contributed by atoms with Crippen LogP contribution in [0, 0.1) is 17.1 Å². The molecular formula is C13H16ClFN2. The van der Waals surface area contributed by atoms with E-state index in [0.717, 1.165) is 5.56 Å². The maximum Gasteiger partial charge on any atom is 0.146 e. The molecule has 0 atom stereocenters. The van der Waals surface area contributed by atoms with Crippen LogP contribution in [0.5, 0.6) is 0 Å². The van der Waals surface area contributed by atoms with Gasteiger partial charge >= 0.3 is 0 Å². The monoisotopic (exact) mass is 254 g/mol. The molecule has 0 aliphatic carbocycles. The van der Waals surface area contributed by atoms with Crippen molar-refractivity contribution in [1.82, 2.24) is 0 Å². The van der Waals surface area contributed by atoms with Gasteiger partial charge in [0.1, 0.15) is 5.82 Å². The fourth-order valence-electron chi connectivity index (χ4n) is 1.79. The first kappa shape index (κ1) is 13.8. The highest BCUT2D eigenvalue weighted by molar-refractivity contribution is 6.17. The highest BCUT2D eigenvalue weighted by Crippen LogP contribution is 2.27. The molecule has 0 saturated heterocycles. The molecule has 1 aromatic carbocycles. The van der Waals surface area contributed by atoms with Gasteiger partial charge in [-0.2, -0.15) is 5.26 Å². The molecule has 17 heavy (non-hydrogen) atoms. The lowest BCUT2D eigenvalue weighted by Crippen LogP contribution is -2.33. The molecule has 0 bridgehead atoms. The summed E-state index contributed by atoms with van der Waals surface area (Å²) >= 11 is 5.83. The maximum atomic E-state index is 13.9. The van der Waals surface area contributed by atoms with E-state index < -0.39 is 0 Å². The van der Waals surface area contributed by atoms with Crippen LogP contribution in [0.25, 0.3) is 0 Å². The third-order valence-corrected chi connectivity index (χ3v) is 2.88. The van der Waals surface area contributed by atoms with Crippen LogP contribution in [-0.4, -0.2) is 12.6 Å². The molecule has 0 amide bonds. The Kier molecular flexibility index (Phi) is 5.24. The van der Waals surface area contributed by atoms with Crippen LogP contribution in [0.4, 0.5) is 10.1 Å². The minimum atomic E-state index is -0.283. The van der Waals surface area contributed by atoms with E-state index in [1.54, 1.807) is 6.07 Å². The van der Waals surface area contributed by atoms with Crippen molar-refractivity contribution in [3.05, 3.63) is 29.6 Å². The molecule has 0 N–H and O–H groups in total. The zero-order valence-electron chi connectivity index (χ0n) is 10.1. The summed E-state index contributed by atoms with van der Waals surface area (Å²) in [6.07, 6.45) is 0.369. The number of rotatable bonds is 5. The van der Waals surface area contributed by atoms with Crippen molar-refractivity contribution in [2.24, 2.45) is 0 Å². The molecule has 0 aliphatic heterocycles. The van der Waals surface area contributed by atoms with Gasteiger partial charge in [0.05, 0.1) is 18.2 Å². The van der Waals surface area contributed by atoms with Crippen LogP contribution in [0.15, 0.2) is 18.2 Å². The summed E-state index contributed by atoms with van der Waals surface area (Å²) in [4.78, 5) is 1.89. The van der Waals surface area contributed by atoms with Gasteiger partial charge in [-0.25, -0.2) is 4.39 Å². The van der Waals surface area contributed by atoms with Crippen molar-refractivity contribution in [1.29, 1.82) is 5.26 Å². The fourth-order valence-corrected chi connectivity index (χ4v) is 2.00. The molecule has 0 aromatic heterocycles. The highest BCUT2D eigenvalue weighted by Gasteiger charge is 2.17. The van der Waals surface area contributed by atoms with Crippen LogP contribution in [0.1, 0.15) is 25.8 Å². The maximum absolute atomic E-state index is 13.9. The summed E-state index contributed by atoms with van der Waals surface area (Å²) in [7, 11) is 0. The Morgan fingerprint density at radius 1 is 1.47 bits per heavy atom. The number of para-hydroxylation sites is 1. The second kappa shape index (κ2) is 6.46. The molecule has 0 saturated carbocycles. The fraction of sp³-hybridized carbons (Fsp3) is 0.462. The third-order valence-electron chi connectivity index (χ3n) is 2.59. The standard InChI is InChI=1S/C13H16ClFN2/c1-10(2)17(8-4-7-16)13-11(9-14)5-3-6-12(13)15/h3,5-6,10H,4,8-9H2,1-2H3. The molecule has 0 heterocycles. The summed E-state index contributed by atoms with van der Waals surface area (Å²) in [5.74, 6) is -0.0159. The van der Waals surface area contributed by atoms with Crippen LogP contribution < -0.4 is 4.90 Å². The van der Waals surface area contributed by atoms with Crippen LogP contribution in [0.3, 0.4) is 0 Å². The minimum absolute atomic E-state index is 0.127. The Morgan fingerprint density at radius 3 is 2.71 bits per heavy atom. The lowest BCUT2D eigenvalue weighted by Gasteiger charge is -2.30. The summed E-state index contributed by atoms with van der Waals surface area (Å²) in [6, 6.07) is 7.10. The first-order valence-electron chi connectivity index (χ1n) is 5.58. The quantitative estimate of drug-likeness (QED) is 0.750. The summed E-state index contributed by atoms with van der Waals surface area (Å²) in [5.41, 5.74) is 1.28. The molecule has 0 fully saturated rings. The molecule has 0 unspecified atom stereocenters. The van der Waals surface area contributed by atoms with Crippen LogP contribution in [-0.2, 0) is 5.88 Å². The van der Waals surface area contributed by atoms with E-state index in [2.05, 4.69) is 6.07 Å². The zero-order chi connectivity index (χ0) is 12.8. The summed E-state index contributed by atoms with van der Waals surface area (Å²) in [5, 5.41) is 8.64. The Balaban J connectivity index is 3.13. The van der Waals surface area contributed by atoms with Gasteiger partial charge in [0, 0.05) is 18.5 Å². The molecule has 1 aromatic rings. The van der Waals surface area contributed by atoms with E-state index in [1.807, 2.05) is 24.8 Å². The topological polar surface area (TPSA) is 27.0 Å². The molecular weight excluding hydrogens is 239 g/mol. The Hall–Kier alpha value is -1.27. The van der Waals surface area contributed by atoms with E-state index in [1.165, 1.54) is 6.07 Å². The average molecular weight is 255 g/mol. The predicted molar refractivity (Wildman–Crippen MR) is 68.7 cm³/mol. The summed E-state index contributed by atoms with van der Waals surface area (Å²) < 4.78 is 13.9. The normalized spacial score (nSPS) is 10.4. The minimum Gasteiger partial charge on any atom is -0.365 e. The molecule has 1 rings (SSSR count). The molecule has 0 radical (unpaired) electrons. The molecule has 0 aliphatic rings.